The molecule has 2 aromatic carbocycles. The number of aryl methyl sites for hydroxylation is 1. The highest BCUT2D eigenvalue weighted by Crippen LogP contribution is 2.26. The Bertz CT molecular complexity index is 882. The van der Waals surface area contributed by atoms with Gasteiger partial charge in [0.2, 0.25) is 11.8 Å². The molecule has 1 heterocycles. The van der Waals surface area contributed by atoms with Crippen LogP contribution in [0.15, 0.2) is 48.5 Å². The van der Waals surface area contributed by atoms with Crippen LogP contribution in [0.25, 0.3) is 0 Å². The number of aliphatic carboxylic acids is 1. The quantitative estimate of drug-likeness (QED) is 0.565. The lowest BCUT2D eigenvalue weighted by molar-refractivity contribution is -0.138. The first-order chi connectivity index (χ1) is 14.0. The molecule has 0 saturated carbocycles. The highest BCUT2D eigenvalue weighted by atomic mass is 16.5. The number of carbonyl (C=O) groups excluding carboxylic acids is 2. The molecule has 0 aliphatic carbocycles. The molecule has 152 valence electrons. The van der Waals surface area contributed by atoms with E-state index in [4.69, 9.17) is 4.74 Å². The lowest BCUT2D eigenvalue weighted by Crippen LogP contribution is -2.31. The summed E-state index contributed by atoms with van der Waals surface area (Å²) in [6, 6.07) is 14.4. The second kappa shape index (κ2) is 9.73. The maximum absolute atomic E-state index is 12.0. The van der Waals surface area contributed by atoms with Crippen molar-refractivity contribution < 1.29 is 24.2 Å². The molecule has 7 heteroatoms. The molecule has 0 radical (unpaired) electrons. The summed E-state index contributed by atoms with van der Waals surface area (Å²) in [5.74, 6) is -1.22. The number of hydrogen-bond donors (Lipinski definition) is 3. The van der Waals surface area contributed by atoms with Crippen LogP contribution in [0.5, 0.6) is 5.75 Å². The predicted octanol–water partition coefficient (Wildman–Crippen LogP) is 2.71. The third kappa shape index (κ3) is 5.81. The maximum atomic E-state index is 12.0. The fourth-order valence-corrected chi connectivity index (χ4v) is 3.21. The maximum Gasteiger partial charge on any atom is 0.312 e. The molecule has 7 nitrogen and oxygen atoms in total. The molecule has 0 spiro atoms. The van der Waals surface area contributed by atoms with Crippen molar-refractivity contribution >= 4 is 23.5 Å². The molecule has 2 aromatic rings. The van der Waals surface area contributed by atoms with Crippen molar-refractivity contribution in [2.75, 3.05) is 18.5 Å². The van der Waals surface area contributed by atoms with E-state index in [2.05, 4.69) is 10.6 Å². The number of nitrogens with one attached hydrogen (secondary N) is 2. The topological polar surface area (TPSA) is 105 Å². The fourth-order valence-electron chi connectivity index (χ4n) is 3.21. The Morgan fingerprint density at radius 3 is 2.69 bits per heavy atom. The van der Waals surface area contributed by atoms with Crippen molar-refractivity contribution in [1.29, 1.82) is 0 Å². The summed E-state index contributed by atoms with van der Waals surface area (Å²) in [6.07, 6.45) is 1.93. The Morgan fingerprint density at radius 2 is 1.93 bits per heavy atom. The van der Waals surface area contributed by atoms with Gasteiger partial charge in [-0.15, -0.1) is 0 Å². The molecule has 0 bridgehead atoms. The van der Waals surface area contributed by atoms with Gasteiger partial charge in [-0.25, -0.2) is 0 Å². The molecule has 3 rings (SSSR count). The van der Waals surface area contributed by atoms with Gasteiger partial charge in [0.25, 0.3) is 0 Å². The Morgan fingerprint density at radius 1 is 1.14 bits per heavy atom. The van der Waals surface area contributed by atoms with Gasteiger partial charge in [0.1, 0.15) is 5.75 Å². The molecule has 1 aliphatic heterocycles. The molecule has 0 fully saturated rings. The fraction of sp³-hybridized carbons (Fsp3) is 0.318. The first-order valence-corrected chi connectivity index (χ1v) is 9.63. The summed E-state index contributed by atoms with van der Waals surface area (Å²) in [5, 5.41) is 14.9. The first kappa shape index (κ1) is 20.4. The molecule has 1 unspecified atom stereocenters. The molecule has 0 saturated heterocycles. The summed E-state index contributed by atoms with van der Waals surface area (Å²) < 4.78 is 5.70. The summed E-state index contributed by atoms with van der Waals surface area (Å²) in [6.45, 7) is 0.426. The van der Waals surface area contributed by atoms with Crippen molar-refractivity contribution in [3.63, 3.8) is 0 Å². The summed E-state index contributed by atoms with van der Waals surface area (Å²) in [4.78, 5) is 34.9. The van der Waals surface area contributed by atoms with Gasteiger partial charge in [-0.2, -0.15) is 0 Å². The number of benzene rings is 2. The second-order valence-corrected chi connectivity index (χ2v) is 6.92. The van der Waals surface area contributed by atoms with E-state index in [9.17, 15) is 19.5 Å². The minimum absolute atomic E-state index is 0.0228. The van der Waals surface area contributed by atoms with Gasteiger partial charge in [0.05, 0.1) is 12.5 Å². The SMILES string of the molecule is O=C(CCCOc1ccc2c(c1)CCC(=O)N2)NCC(C(=O)O)c1ccccc1. The van der Waals surface area contributed by atoms with Gasteiger partial charge in [0.15, 0.2) is 0 Å². The minimum atomic E-state index is -0.969. The van der Waals surface area contributed by atoms with Gasteiger partial charge >= 0.3 is 5.97 Å². The number of rotatable bonds is 9. The van der Waals surface area contributed by atoms with Gasteiger partial charge in [-0.1, -0.05) is 30.3 Å². The van der Waals surface area contributed by atoms with Gasteiger partial charge in [-0.3, -0.25) is 14.4 Å². The number of hydrogen-bond acceptors (Lipinski definition) is 4. The summed E-state index contributed by atoms with van der Waals surface area (Å²) in [7, 11) is 0. The Labute approximate surface area is 169 Å². The summed E-state index contributed by atoms with van der Waals surface area (Å²) >= 11 is 0. The van der Waals surface area contributed by atoms with E-state index in [-0.39, 0.29) is 24.8 Å². The third-order valence-electron chi connectivity index (χ3n) is 4.79. The lowest BCUT2D eigenvalue weighted by atomic mass is 9.99. The minimum Gasteiger partial charge on any atom is -0.494 e. The molecule has 3 N–H and O–H groups in total. The standard InChI is InChI=1S/C22H24N2O5/c25-20(23-14-18(22(27)28)15-5-2-1-3-6-15)7-4-12-29-17-9-10-19-16(13-17)8-11-21(26)24-19/h1-3,5-6,9-10,13,18H,4,7-8,11-12,14H2,(H,23,25)(H,24,26)(H,27,28). The van der Waals surface area contributed by atoms with Crippen molar-refractivity contribution in [3.05, 3.63) is 59.7 Å². The number of carboxylic acids is 1. The number of fused-ring (bicyclic) bond motifs is 1. The Hall–Kier alpha value is -3.35. The average molecular weight is 396 g/mol. The van der Waals surface area contributed by atoms with Crippen molar-refractivity contribution in [2.45, 2.75) is 31.6 Å². The average Bonchev–Trinajstić information content (AvgIpc) is 2.72. The van der Waals surface area contributed by atoms with E-state index in [1.807, 2.05) is 18.2 Å². The van der Waals surface area contributed by atoms with E-state index in [1.165, 1.54) is 0 Å². The number of amides is 2. The molecule has 29 heavy (non-hydrogen) atoms. The molecular weight excluding hydrogens is 372 g/mol. The predicted molar refractivity (Wildman–Crippen MR) is 108 cm³/mol. The van der Waals surface area contributed by atoms with Crippen LogP contribution >= 0.6 is 0 Å². The van der Waals surface area contributed by atoms with Crippen LogP contribution in [0.2, 0.25) is 0 Å². The van der Waals surface area contributed by atoms with E-state index in [1.54, 1.807) is 30.3 Å². The van der Waals surface area contributed by atoms with Crippen molar-refractivity contribution in [2.24, 2.45) is 0 Å². The van der Waals surface area contributed by atoms with Crippen LogP contribution in [0.4, 0.5) is 5.69 Å². The largest absolute Gasteiger partial charge is 0.494 e. The highest BCUT2D eigenvalue weighted by molar-refractivity contribution is 5.94. The lowest BCUT2D eigenvalue weighted by Gasteiger charge is -2.17. The van der Waals surface area contributed by atoms with Crippen LogP contribution in [-0.2, 0) is 20.8 Å². The van der Waals surface area contributed by atoms with E-state index in [0.29, 0.717) is 37.2 Å². The van der Waals surface area contributed by atoms with Crippen molar-refractivity contribution in [1.82, 2.24) is 5.32 Å². The van der Waals surface area contributed by atoms with Crippen LogP contribution in [-0.4, -0.2) is 36.0 Å². The van der Waals surface area contributed by atoms with Crippen LogP contribution in [0.1, 0.15) is 36.3 Å². The van der Waals surface area contributed by atoms with Gasteiger partial charge in [0, 0.05) is 25.1 Å². The monoisotopic (exact) mass is 396 g/mol. The molecular formula is C22H24N2O5. The molecule has 1 aliphatic rings. The number of carboxylic acid groups (broad SMARTS) is 1. The normalized spacial score (nSPS) is 13.7. The Balaban J connectivity index is 1.40. The number of carbonyl (C=O) groups is 3. The zero-order chi connectivity index (χ0) is 20.6. The number of ether oxygens (including phenoxy) is 1. The van der Waals surface area contributed by atoms with Crippen LogP contribution in [0.3, 0.4) is 0 Å². The molecule has 0 aromatic heterocycles. The highest BCUT2D eigenvalue weighted by Gasteiger charge is 2.20. The third-order valence-corrected chi connectivity index (χ3v) is 4.79. The second-order valence-electron chi connectivity index (χ2n) is 6.92. The molecule has 2 amide bonds. The van der Waals surface area contributed by atoms with Crippen molar-refractivity contribution in [3.8, 4) is 5.75 Å². The van der Waals surface area contributed by atoms with E-state index >= 15 is 0 Å². The van der Waals surface area contributed by atoms with Crippen LogP contribution < -0.4 is 15.4 Å². The first-order valence-electron chi connectivity index (χ1n) is 9.63. The smallest absolute Gasteiger partial charge is 0.312 e. The zero-order valence-electron chi connectivity index (χ0n) is 16.0. The Kier molecular flexibility index (Phi) is 6.84. The summed E-state index contributed by atoms with van der Waals surface area (Å²) in [5.41, 5.74) is 2.52. The van der Waals surface area contributed by atoms with Gasteiger partial charge in [-0.05, 0) is 42.2 Å². The molecule has 1 atom stereocenters. The van der Waals surface area contributed by atoms with Gasteiger partial charge < -0.3 is 20.5 Å². The van der Waals surface area contributed by atoms with E-state index < -0.39 is 11.9 Å². The van der Waals surface area contributed by atoms with E-state index in [0.717, 1.165) is 11.3 Å². The van der Waals surface area contributed by atoms with Crippen LogP contribution in [0, 0.1) is 0 Å². The zero-order valence-corrected chi connectivity index (χ0v) is 16.0. The number of anilines is 1.